The monoisotopic (exact) mass is 1190 g/mol. The highest BCUT2D eigenvalue weighted by molar-refractivity contribution is 8.76. The van der Waals surface area contributed by atoms with Crippen LogP contribution in [0.2, 0.25) is 0 Å². The summed E-state index contributed by atoms with van der Waals surface area (Å²) < 4.78 is 0. The van der Waals surface area contributed by atoms with E-state index in [4.69, 9.17) is 27.1 Å². The minimum Gasteiger partial charge on any atom is -0.508 e. The van der Waals surface area contributed by atoms with Gasteiger partial charge in [-0.05, 0) is 84.7 Å². The number of carbonyl (C=O) groups excluding carboxylic acids is 8. The van der Waals surface area contributed by atoms with Crippen LogP contribution in [0.1, 0.15) is 62.3 Å². The maximum absolute atomic E-state index is 14.9. The van der Waals surface area contributed by atoms with E-state index in [9.17, 15) is 43.5 Å². The highest BCUT2D eigenvalue weighted by Gasteiger charge is 2.36. The number of fused-ring (bicyclic) bond motifs is 2. The molecule has 23 nitrogen and oxygen atoms in total. The van der Waals surface area contributed by atoms with E-state index < -0.39 is 107 Å². The third-order valence-electron chi connectivity index (χ3n) is 13.8. The van der Waals surface area contributed by atoms with Gasteiger partial charge < -0.3 is 74.6 Å². The first-order chi connectivity index (χ1) is 40.2. The molecule has 17 N–H and O–H groups in total. The average Bonchev–Trinajstić information content (AvgIpc) is 4.31. The van der Waals surface area contributed by atoms with E-state index in [1.54, 1.807) is 50.5 Å². The number of H-pyrrole nitrogens is 2. The molecule has 0 radical (unpaired) electrons. The molecular weight excluding hydrogens is 1120 g/mol. The molecule has 7 rings (SSSR count). The van der Waals surface area contributed by atoms with Gasteiger partial charge in [-0.15, -0.1) is 0 Å². The molecule has 1 saturated heterocycles. The van der Waals surface area contributed by atoms with Crippen LogP contribution in [0, 0.1) is 5.92 Å². The summed E-state index contributed by atoms with van der Waals surface area (Å²) in [4.78, 5) is 130. The van der Waals surface area contributed by atoms with Gasteiger partial charge in [0.15, 0.2) is 0 Å². The van der Waals surface area contributed by atoms with E-state index in [1.807, 2.05) is 66.7 Å². The van der Waals surface area contributed by atoms with Gasteiger partial charge in [-0.1, -0.05) is 114 Å². The topological polar surface area (TPSA) is 388 Å². The van der Waals surface area contributed by atoms with Crippen LogP contribution in [0.5, 0.6) is 5.75 Å². The Kier molecular flexibility index (Phi) is 24.6. The molecule has 448 valence electrons. The molecule has 84 heavy (non-hydrogen) atoms. The molecule has 4 unspecified atom stereocenters. The molecular formula is C59H74N12O11S2. The fourth-order valence-electron chi connectivity index (χ4n) is 9.29. The Morgan fingerprint density at radius 3 is 1.81 bits per heavy atom. The Bertz CT molecular complexity index is 3230. The summed E-state index contributed by atoms with van der Waals surface area (Å²) in [6.07, 6.45) is 4.31. The molecule has 2 aromatic heterocycles. The van der Waals surface area contributed by atoms with Crippen molar-refractivity contribution >= 4 is 96.6 Å². The van der Waals surface area contributed by atoms with Crippen molar-refractivity contribution in [3.8, 4) is 5.75 Å². The second-order valence-corrected chi connectivity index (χ2v) is 23.2. The van der Waals surface area contributed by atoms with Crippen molar-refractivity contribution in [3.05, 3.63) is 138 Å². The van der Waals surface area contributed by atoms with Crippen molar-refractivity contribution in [1.29, 1.82) is 0 Å². The van der Waals surface area contributed by atoms with E-state index in [2.05, 4.69) is 47.2 Å². The van der Waals surface area contributed by atoms with Gasteiger partial charge in [-0.25, -0.2) is 0 Å². The predicted molar refractivity (Wildman–Crippen MR) is 323 cm³/mol. The summed E-state index contributed by atoms with van der Waals surface area (Å²) >= 11 is 0. The lowest BCUT2D eigenvalue weighted by Gasteiger charge is -2.29. The summed E-state index contributed by atoms with van der Waals surface area (Å²) in [5.74, 6) is -7.90. The van der Waals surface area contributed by atoms with Gasteiger partial charge in [-0.3, -0.25) is 43.2 Å². The first-order valence-corrected chi connectivity index (χ1v) is 29.9. The van der Waals surface area contributed by atoms with E-state index in [-0.39, 0.29) is 55.9 Å². The number of aliphatic carboxylic acids is 1. The van der Waals surface area contributed by atoms with Crippen molar-refractivity contribution in [1.82, 2.24) is 47.2 Å². The second-order valence-electron chi connectivity index (χ2n) is 20.7. The Morgan fingerprint density at radius 2 is 1.19 bits per heavy atom. The summed E-state index contributed by atoms with van der Waals surface area (Å²) in [5, 5.41) is 38.7. The van der Waals surface area contributed by atoms with E-state index in [0.29, 0.717) is 29.5 Å². The molecule has 8 amide bonds. The molecule has 4 aromatic carbocycles. The van der Waals surface area contributed by atoms with Crippen LogP contribution < -0.4 is 54.4 Å². The highest BCUT2D eigenvalue weighted by Crippen LogP contribution is 2.25. The van der Waals surface area contributed by atoms with Gasteiger partial charge in [0.25, 0.3) is 5.97 Å². The first kappa shape index (κ1) is 64.8. The number of nitrogens with one attached hydrogen (secondary N) is 9. The number of phenols is 1. The maximum atomic E-state index is 14.9. The zero-order valence-corrected chi connectivity index (χ0v) is 48.5. The van der Waals surface area contributed by atoms with E-state index in [0.717, 1.165) is 55.9 Å². The minimum absolute atomic E-state index is 0.00683. The van der Waals surface area contributed by atoms with E-state index >= 15 is 0 Å². The lowest BCUT2D eigenvalue weighted by Crippen LogP contribution is -2.61. The number of amides is 8. The number of primary amides is 1. The van der Waals surface area contributed by atoms with Gasteiger partial charge in [0.2, 0.25) is 47.3 Å². The third kappa shape index (κ3) is 19.4. The highest BCUT2D eigenvalue weighted by atomic mass is 33.1. The molecule has 0 saturated carbocycles. The molecule has 1 aliphatic heterocycles. The number of unbranched alkanes of at least 4 members (excludes halogenated alkanes) is 1. The van der Waals surface area contributed by atoms with Crippen LogP contribution in [0.4, 0.5) is 0 Å². The molecule has 1 fully saturated rings. The number of aromatic amines is 2. The van der Waals surface area contributed by atoms with Crippen molar-refractivity contribution in [2.24, 2.45) is 23.1 Å². The predicted octanol–water partition coefficient (Wildman–Crippen LogP) is 2.10. The maximum Gasteiger partial charge on any atom is 0.300 e. The zero-order chi connectivity index (χ0) is 60.9. The molecule has 0 aliphatic carbocycles. The van der Waals surface area contributed by atoms with Crippen LogP contribution in [-0.2, 0) is 68.8 Å². The Morgan fingerprint density at radius 1 is 0.643 bits per heavy atom. The molecule has 6 aromatic rings. The molecule has 25 heteroatoms. The van der Waals surface area contributed by atoms with Gasteiger partial charge in [-0.2, -0.15) is 0 Å². The summed E-state index contributed by atoms with van der Waals surface area (Å²) in [7, 11) is 2.13. The smallest absolute Gasteiger partial charge is 0.300 e. The number of carbonyl (C=O) groups is 9. The van der Waals surface area contributed by atoms with E-state index in [1.165, 1.54) is 12.1 Å². The SMILES string of the molecule is CC(=O)O.CC(C)C1NC(=O)[C@H](CCCCN)NC(=O)C(Cc2c[nH]c3ccccc23)NC(=O)C(Cc2ccc(O)cc2)NC(=O)[C@@H](NC(=O)[C@H](N)Cc2ccccc2)CSSCC(C(=O)N[C@@H](Cc2c[nH]c3ccccc23)C(N)=O)NC1=O. The van der Waals surface area contributed by atoms with Gasteiger partial charge in [0, 0.05) is 71.9 Å². The van der Waals surface area contributed by atoms with Crippen LogP contribution in [0.15, 0.2) is 116 Å². The van der Waals surface area contributed by atoms with Crippen LogP contribution >= 0.6 is 21.6 Å². The number of nitrogens with two attached hydrogens (primary N) is 3. The molecule has 8 atom stereocenters. The molecule has 0 spiro atoms. The first-order valence-electron chi connectivity index (χ1n) is 27.4. The lowest BCUT2D eigenvalue weighted by atomic mass is 10.00. The third-order valence-corrected chi connectivity index (χ3v) is 16.2. The Hall–Kier alpha value is -8.39. The number of aromatic hydroxyl groups is 1. The average molecular weight is 1190 g/mol. The number of benzene rings is 4. The van der Waals surface area contributed by atoms with Gasteiger partial charge in [0.1, 0.15) is 48.0 Å². The largest absolute Gasteiger partial charge is 0.508 e. The number of carboxylic acid groups (broad SMARTS) is 1. The molecule has 3 heterocycles. The standard InChI is InChI=1S/C57H70N12O9S2.C2H4O2/c1-32(2)49-57(78)68-48(55(76)64-44(50(60)71)26-35-28-61-41-16-8-6-14-38(35)41)31-80-79-30-47(67-51(72)40(59)24-33-12-4-3-5-13-33)56(77)65-45(25-34-19-21-37(70)22-20-34)53(74)66-46(27-36-29-62-42-17-9-7-15-39(36)42)54(75)63-43(52(73)69-49)18-10-11-23-58;1-2(3)4/h3-9,12-17,19-22,28-29,32,40,43-49,61-62,70H,10-11,18,23-27,30-31,58-59H2,1-2H3,(H2,60,71)(H,63,75)(H,64,76)(H,65,77)(H,66,74)(H,67,72)(H,68,78)(H,69,73);1H3,(H,3,4)/t40-,43+,44+,45?,46?,47+,48?,49?;/m1./s1. The minimum atomic E-state index is -1.40. The van der Waals surface area contributed by atoms with Crippen LogP contribution in [0.25, 0.3) is 21.8 Å². The number of hydrogen-bond donors (Lipinski definition) is 14. The van der Waals surface area contributed by atoms with Gasteiger partial charge >= 0.3 is 0 Å². The normalized spacial score (nSPS) is 20.1. The summed E-state index contributed by atoms with van der Waals surface area (Å²) in [6.45, 7) is 4.76. The summed E-state index contributed by atoms with van der Waals surface area (Å²) in [5.41, 5.74) is 22.4. The van der Waals surface area contributed by atoms with Gasteiger partial charge in [0.05, 0.1) is 6.04 Å². The number of phenolic OH excluding ortho intramolecular Hbond substituents is 1. The quantitative estimate of drug-likeness (QED) is 0.0433. The number of hydrogen-bond acceptors (Lipinski definition) is 14. The molecule has 0 bridgehead atoms. The Balaban J connectivity index is 0.00000274. The van der Waals surface area contributed by atoms with Crippen LogP contribution in [-0.4, -0.2) is 140 Å². The zero-order valence-electron chi connectivity index (χ0n) is 46.9. The number of rotatable bonds is 18. The summed E-state index contributed by atoms with van der Waals surface area (Å²) in [6, 6.07) is 19.5. The van der Waals surface area contributed by atoms with Crippen molar-refractivity contribution < 1.29 is 53.4 Å². The second kappa shape index (κ2) is 31.9. The number of carboxylic acids is 1. The lowest BCUT2D eigenvalue weighted by molar-refractivity contribution is -0.136. The number of para-hydroxylation sites is 2. The fraction of sp³-hybridized carbons (Fsp3) is 0.373. The van der Waals surface area contributed by atoms with Crippen LogP contribution in [0.3, 0.4) is 0 Å². The fourth-order valence-corrected chi connectivity index (χ4v) is 11.6. The van der Waals surface area contributed by atoms with Crippen molar-refractivity contribution in [3.63, 3.8) is 0 Å². The molecule has 1 aliphatic rings. The van der Waals surface area contributed by atoms with Crippen molar-refractivity contribution in [2.75, 3.05) is 18.1 Å². The number of aromatic nitrogens is 2. The van der Waals surface area contributed by atoms with Crippen molar-refractivity contribution in [2.45, 2.75) is 114 Å². The Labute approximate surface area is 493 Å².